The van der Waals surface area contributed by atoms with E-state index < -0.39 is 0 Å². The summed E-state index contributed by atoms with van der Waals surface area (Å²) in [6.07, 6.45) is 2.79. The van der Waals surface area contributed by atoms with Gasteiger partial charge in [-0.3, -0.25) is 0 Å². The predicted octanol–water partition coefficient (Wildman–Crippen LogP) is 5.16. The molecule has 0 radical (unpaired) electrons. The minimum absolute atomic E-state index is 0.302. The van der Waals surface area contributed by atoms with Crippen molar-refractivity contribution >= 4 is 0 Å². The van der Waals surface area contributed by atoms with E-state index >= 15 is 0 Å². The lowest BCUT2D eigenvalue weighted by Crippen LogP contribution is -2.05. The molecule has 18 heavy (non-hydrogen) atoms. The first-order chi connectivity index (χ1) is 8.47. The smallest absolute Gasteiger partial charge is 0.0792 e. The van der Waals surface area contributed by atoms with Gasteiger partial charge in [-0.05, 0) is 34.9 Å². The van der Waals surface area contributed by atoms with Gasteiger partial charge in [-0.2, -0.15) is 0 Å². The van der Waals surface area contributed by atoms with Crippen LogP contribution in [-0.4, -0.2) is 5.11 Å². The fraction of sp³-hybridized carbons (Fsp3) is 0.647. The molecule has 0 spiro atoms. The summed E-state index contributed by atoms with van der Waals surface area (Å²) < 4.78 is 0. The van der Waals surface area contributed by atoms with Crippen molar-refractivity contribution < 1.29 is 5.11 Å². The number of aliphatic hydroxyl groups is 1. The number of unbranched alkanes of at least 4 members (excludes halogenated alkanes) is 1. The molecule has 0 aliphatic carbocycles. The first kappa shape index (κ1) is 15.2. The number of hydrogen-bond acceptors (Lipinski definition) is 1. The van der Waals surface area contributed by atoms with E-state index in [-0.39, 0.29) is 6.10 Å². The average Bonchev–Trinajstić information content (AvgIpc) is 2.34. The summed E-state index contributed by atoms with van der Waals surface area (Å²) in [7, 11) is 0. The van der Waals surface area contributed by atoms with Crippen LogP contribution in [0, 0.1) is 0 Å². The van der Waals surface area contributed by atoms with E-state index in [0.29, 0.717) is 11.8 Å². The van der Waals surface area contributed by atoms with Crippen molar-refractivity contribution in [1.82, 2.24) is 0 Å². The Morgan fingerprint density at radius 2 is 1.67 bits per heavy atom. The summed E-state index contributed by atoms with van der Waals surface area (Å²) in [6.45, 7) is 11.0. The van der Waals surface area contributed by atoms with Gasteiger partial charge in [-0.25, -0.2) is 0 Å². The predicted molar refractivity (Wildman–Crippen MR) is 79.1 cm³/mol. The molecule has 1 rings (SSSR count). The zero-order chi connectivity index (χ0) is 13.7. The van der Waals surface area contributed by atoms with Gasteiger partial charge in [-0.15, -0.1) is 0 Å². The van der Waals surface area contributed by atoms with E-state index in [9.17, 15) is 5.11 Å². The third-order valence-corrected chi connectivity index (χ3v) is 3.59. The van der Waals surface area contributed by atoms with Gasteiger partial charge < -0.3 is 5.11 Å². The summed E-state index contributed by atoms with van der Waals surface area (Å²) in [4.78, 5) is 0. The standard InChI is InChI=1S/C17H28O/c1-6-7-8-17(18)15-10-9-14(12(2)3)11-16(15)13(4)5/h9-13,17-18H,6-8H2,1-5H3. The third-order valence-electron chi connectivity index (χ3n) is 3.59. The van der Waals surface area contributed by atoms with Crippen LogP contribution >= 0.6 is 0 Å². The Morgan fingerprint density at radius 1 is 1.00 bits per heavy atom. The van der Waals surface area contributed by atoms with Crippen molar-refractivity contribution in [2.75, 3.05) is 0 Å². The normalized spacial score (nSPS) is 13.3. The number of aliphatic hydroxyl groups excluding tert-OH is 1. The molecule has 1 heteroatoms. The second kappa shape index (κ2) is 6.94. The third kappa shape index (κ3) is 3.84. The lowest BCUT2D eigenvalue weighted by Gasteiger charge is -2.20. The summed E-state index contributed by atoms with van der Waals surface area (Å²) in [5.74, 6) is 1.01. The quantitative estimate of drug-likeness (QED) is 0.737. The molecule has 102 valence electrons. The molecule has 0 fully saturated rings. The maximum absolute atomic E-state index is 10.3. The van der Waals surface area contributed by atoms with Gasteiger partial charge in [0.15, 0.2) is 0 Å². The van der Waals surface area contributed by atoms with Crippen molar-refractivity contribution in [2.24, 2.45) is 0 Å². The molecule has 0 aliphatic rings. The minimum Gasteiger partial charge on any atom is -0.388 e. The monoisotopic (exact) mass is 248 g/mol. The molecule has 1 nitrogen and oxygen atoms in total. The fourth-order valence-corrected chi connectivity index (χ4v) is 2.31. The van der Waals surface area contributed by atoms with Crippen LogP contribution in [0.4, 0.5) is 0 Å². The van der Waals surface area contributed by atoms with Crippen LogP contribution in [0.2, 0.25) is 0 Å². The average molecular weight is 248 g/mol. The Labute approximate surface area is 112 Å². The maximum atomic E-state index is 10.3. The van der Waals surface area contributed by atoms with E-state index in [1.165, 1.54) is 11.1 Å². The van der Waals surface area contributed by atoms with Crippen LogP contribution in [0.1, 0.15) is 88.5 Å². The second-order valence-corrected chi connectivity index (χ2v) is 5.86. The Kier molecular flexibility index (Phi) is 5.87. The van der Waals surface area contributed by atoms with Gasteiger partial charge in [0.25, 0.3) is 0 Å². The molecular formula is C17H28O. The zero-order valence-electron chi connectivity index (χ0n) is 12.5. The molecule has 0 heterocycles. The Hall–Kier alpha value is -0.820. The molecule has 1 aromatic rings. The molecule has 1 unspecified atom stereocenters. The fourth-order valence-electron chi connectivity index (χ4n) is 2.31. The molecule has 0 saturated heterocycles. The lowest BCUT2D eigenvalue weighted by atomic mass is 9.88. The van der Waals surface area contributed by atoms with Crippen LogP contribution in [0.25, 0.3) is 0 Å². The van der Waals surface area contributed by atoms with Crippen molar-refractivity contribution in [3.05, 3.63) is 34.9 Å². The lowest BCUT2D eigenvalue weighted by molar-refractivity contribution is 0.163. The topological polar surface area (TPSA) is 20.2 Å². The van der Waals surface area contributed by atoms with Crippen LogP contribution in [0.3, 0.4) is 0 Å². The molecule has 0 amide bonds. The molecule has 0 bridgehead atoms. The molecule has 0 aromatic heterocycles. The largest absolute Gasteiger partial charge is 0.388 e. The van der Waals surface area contributed by atoms with Crippen molar-refractivity contribution in [1.29, 1.82) is 0 Å². The van der Waals surface area contributed by atoms with Crippen molar-refractivity contribution in [3.8, 4) is 0 Å². The van der Waals surface area contributed by atoms with E-state index in [1.807, 2.05) is 0 Å². The highest BCUT2D eigenvalue weighted by molar-refractivity contribution is 5.36. The van der Waals surface area contributed by atoms with Crippen LogP contribution < -0.4 is 0 Å². The Morgan fingerprint density at radius 3 is 2.17 bits per heavy atom. The zero-order valence-corrected chi connectivity index (χ0v) is 12.5. The number of benzene rings is 1. The SMILES string of the molecule is CCCCC(O)c1ccc(C(C)C)cc1C(C)C. The van der Waals surface area contributed by atoms with Gasteiger partial charge in [0.2, 0.25) is 0 Å². The van der Waals surface area contributed by atoms with E-state index in [1.54, 1.807) is 0 Å². The Bertz CT molecular complexity index is 366. The highest BCUT2D eigenvalue weighted by Gasteiger charge is 2.15. The van der Waals surface area contributed by atoms with Crippen molar-refractivity contribution in [2.45, 2.75) is 71.8 Å². The van der Waals surface area contributed by atoms with Crippen molar-refractivity contribution in [3.63, 3.8) is 0 Å². The number of hydrogen-bond donors (Lipinski definition) is 1. The molecule has 1 atom stereocenters. The van der Waals surface area contributed by atoms with Crippen LogP contribution in [-0.2, 0) is 0 Å². The second-order valence-electron chi connectivity index (χ2n) is 5.86. The van der Waals surface area contributed by atoms with Gasteiger partial charge in [0, 0.05) is 0 Å². The first-order valence-corrected chi connectivity index (χ1v) is 7.29. The van der Waals surface area contributed by atoms with E-state index in [2.05, 4.69) is 52.8 Å². The summed E-state index contributed by atoms with van der Waals surface area (Å²) in [5, 5.41) is 10.3. The van der Waals surface area contributed by atoms with Gasteiger partial charge in [-0.1, -0.05) is 65.7 Å². The first-order valence-electron chi connectivity index (χ1n) is 7.29. The van der Waals surface area contributed by atoms with E-state index in [0.717, 1.165) is 24.8 Å². The Balaban J connectivity index is 3.03. The van der Waals surface area contributed by atoms with Gasteiger partial charge >= 0.3 is 0 Å². The molecule has 0 aliphatic heterocycles. The highest BCUT2D eigenvalue weighted by Crippen LogP contribution is 2.30. The summed E-state index contributed by atoms with van der Waals surface area (Å²) in [5.41, 5.74) is 3.80. The summed E-state index contributed by atoms with van der Waals surface area (Å²) in [6, 6.07) is 6.58. The molecule has 0 saturated carbocycles. The summed E-state index contributed by atoms with van der Waals surface area (Å²) >= 11 is 0. The van der Waals surface area contributed by atoms with Crippen LogP contribution in [0.5, 0.6) is 0 Å². The number of rotatable bonds is 6. The molecule has 1 N–H and O–H groups in total. The van der Waals surface area contributed by atoms with Gasteiger partial charge in [0.1, 0.15) is 0 Å². The van der Waals surface area contributed by atoms with Gasteiger partial charge in [0.05, 0.1) is 6.10 Å². The highest BCUT2D eigenvalue weighted by atomic mass is 16.3. The van der Waals surface area contributed by atoms with Crippen LogP contribution in [0.15, 0.2) is 18.2 Å². The molecule has 1 aromatic carbocycles. The van der Waals surface area contributed by atoms with E-state index in [4.69, 9.17) is 0 Å². The molecular weight excluding hydrogens is 220 g/mol. The maximum Gasteiger partial charge on any atom is 0.0792 e. The minimum atomic E-state index is -0.302.